The molecule has 0 radical (unpaired) electrons. The Labute approximate surface area is 119 Å². The Hall–Kier alpha value is -1.22. The van der Waals surface area contributed by atoms with Gasteiger partial charge in [0.2, 0.25) is 0 Å². The van der Waals surface area contributed by atoms with E-state index in [1.165, 1.54) is 11.3 Å². The van der Waals surface area contributed by atoms with Gasteiger partial charge in [-0.05, 0) is 34.7 Å². The number of carbonyl (C=O) groups is 1. The molecule has 0 saturated carbocycles. The summed E-state index contributed by atoms with van der Waals surface area (Å²) in [6.45, 7) is 0. The van der Waals surface area contributed by atoms with Crippen molar-refractivity contribution in [3.8, 4) is 0 Å². The lowest BCUT2D eigenvalue weighted by Crippen LogP contribution is -2.14. The van der Waals surface area contributed by atoms with Crippen molar-refractivity contribution in [3.63, 3.8) is 0 Å². The summed E-state index contributed by atoms with van der Waals surface area (Å²) in [5.74, 6) is -2.16. The SMILES string of the molecule is Nc1cc(F)cc(F)c1NC(=O)c1csc(I)c1. The Kier molecular flexibility index (Phi) is 3.81. The molecule has 0 fully saturated rings. The Morgan fingerprint density at radius 2 is 2.06 bits per heavy atom. The molecule has 94 valence electrons. The first kappa shape index (κ1) is 13.2. The number of thiophene rings is 1. The van der Waals surface area contributed by atoms with E-state index in [1.54, 1.807) is 11.4 Å². The predicted molar refractivity (Wildman–Crippen MR) is 75.8 cm³/mol. The number of nitrogens with one attached hydrogen (secondary N) is 1. The average Bonchev–Trinajstić information content (AvgIpc) is 2.70. The van der Waals surface area contributed by atoms with Gasteiger partial charge in [0.1, 0.15) is 11.5 Å². The number of amides is 1. The number of hydrogen-bond donors (Lipinski definition) is 2. The van der Waals surface area contributed by atoms with Crippen LogP contribution in [-0.4, -0.2) is 5.91 Å². The Bertz CT molecular complexity index is 592. The third-order valence-corrected chi connectivity index (χ3v) is 3.94. The highest BCUT2D eigenvalue weighted by Gasteiger charge is 2.14. The van der Waals surface area contributed by atoms with Crippen LogP contribution in [0.2, 0.25) is 0 Å². The summed E-state index contributed by atoms with van der Waals surface area (Å²) in [7, 11) is 0. The van der Waals surface area contributed by atoms with E-state index in [-0.39, 0.29) is 11.4 Å². The summed E-state index contributed by atoms with van der Waals surface area (Å²) in [6.07, 6.45) is 0. The minimum absolute atomic E-state index is 0.147. The van der Waals surface area contributed by atoms with Crippen molar-refractivity contribution < 1.29 is 13.6 Å². The van der Waals surface area contributed by atoms with E-state index in [0.29, 0.717) is 11.6 Å². The van der Waals surface area contributed by atoms with Crippen LogP contribution in [0.1, 0.15) is 10.4 Å². The highest BCUT2D eigenvalue weighted by atomic mass is 127. The fourth-order valence-corrected chi connectivity index (χ4v) is 2.67. The topological polar surface area (TPSA) is 55.1 Å². The van der Waals surface area contributed by atoms with Crippen molar-refractivity contribution >= 4 is 51.2 Å². The van der Waals surface area contributed by atoms with Crippen molar-refractivity contribution in [1.29, 1.82) is 0 Å². The zero-order valence-electron chi connectivity index (χ0n) is 8.84. The van der Waals surface area contributed by atoms with E-state index in [1.807, 2.05) is 0 Å². The summed E-state index contributed by atoms with van der Waals surface area (Å²) in [4.78, 5) is 11.8. The molecule has 1 heterocycles. The molecule has 1 aromatic heterocycles. The highest BCUT2D eigenvalue weighted by molar-refractivity contribution is 14.1. The lowest BCUT2D eigenvalue weighted by molar-refractivity contribution is 0.102. The molecule has 0 spiro atoms. The van der Waals surface area contributed by atoms with Gasteiger partial charge in [-0.2, -0.15) is 0 Å². The summed E-state index contributed by atoms with van der Waals surface area (Å²) in [5, 5.41) is 3.98. The first-order valence-electron chi connectivity index (χ1n) is 4.77. The zero-order chi connectivity index (χ0) is 13.3. The molecule has 2 aromatic rings. The van der Waals surface area contributed by atoms with Crippen LogP contribution in [0.3, 0.4) is 0 Å². The van der Waals surface area contributed by atoms with E-state index < -0.39 is 17.5 Å². The Morgan fingerprint density at radius 3 is 2.61 bits per heavy atom. The van der Waals surface area contributed by atoms with Crippen molar-refractivity contribution in [1.82, 2.24) is 0 Å². The van der Waals surface area contributed by atoms with Crippen LogP contribution in [0.25, 0.3) is 0 Å². The van der Waals surface area contributed by atoms with Crippen LogP contribution < -0.4 is 11.1 Å². The summed E-state index contributed by atoms with van der Waals surface area (Å²) < 4.78 is 27.2. The lowest BCUT2D eigenvalue weighted by atomic mass is 10.2. The fourth-order valence-electron chi connectivity index (χ4n) is 1.34. The second-order valence-corrected chi connectivity index (χ2v) is 6.25. The molecule has 0 unspecified atom stereocenters. The van der Waals surface area contributed by atoms with Gasteiger partial charge in [0, 0.05) is 11.4 Å². The number of benzene rings is 1. The van der Waals surface area contributed by atoms with Crippen LogP contribution >= 0.6 is 33.9 Å². The smallest absolute Gasteiger partial charge is 0.256 e. The second kappa shape index (κ2) is 5.19. The summed E-state index contributed by atoms with van der Waals surface area (Å²) in [6, 6.07) is 3.29. The van der Waals surface area contributed by atoms with Gasteiger partial charge in [-0.25, -0.2) is 8.78 Å². The summed E-state index contributed by atoms with van der Waals surface area (Å²) >= 11 is 3.47. The fraction of sp³-hybridized carbons (Fsp3) is 0. The second-order valence-electron chi connectivity index (χ2n) is 3.45. The zero-order valence-corrected chi connectivity index (χ0v) is 11.8. The molecule has 18 heavy (non-hydrogen) atoms. The predicted octanol–water partition coefficient (Wildman–Crippen LogP) is 3.47. The van der Waals surface area contributed by atoms with E-state index in [4.69, 9.17) is 5.73 Å². The first-order chi connectivity index (χ1) is 8.47. The number of rotatable bonds is 2. The van der Waals surface area contributed by atoms with Crippen LogP contribution in [0.5, 0.6) is 0 Å². The first-order valence-corrected chi connectivity index (χ1v) is 6.73. The van der Waals surface area contributed by atoms with Gasteiger partial charge >= 0.3 is 0 Å². The molecule has 2 rings (SSSR count). The van der Waals surface area contributed by atoms with Crippen molar-refractivity contribution in [2.45, 2.75) is 0 Å². The number of carbonyl (C=O) groups excluding carboxylic acids is 1. The number of halogens is 3. The Balaban J connectivity index is 2.27. The Morgan fingerprint density at radius 1 is 1.33 bits per heavy atom. The summed E-state index contributed by atoms with van der Waals surface area (Å²) in [5.41, 5.74) is 5.52. The maximum Gasteiger partial charge on any atom is 0.256 e. The van der Waals surface area contributed by atoms with Crippen molar-refractivity contribution in [2.75, 3.05) is 11.1 Å². The number of nitrogens with two attached hydrogens (primary N) is 1. The van der Waals surface area contributed by atoms with Crippen molar-refractivity contribution in [3.05, 3.63) is 43.7 Å². The van der Waals surface area contributed by atoms with E-state index in [0.717, 1.165) is 8.95 Å². The van der Waals surface area contributed by atoms with Gasteiger partial charge in [0.05, 0.1) is 14.1 Å². The molecule has 0 atom stereocenters. The molecule has 1 amide bonds. The molecule has 3 N–H and O–H groups in total. The number of hydrogen-bond acceptors (Lipinski definition) is 3. The maximum atomic E-state index is 13.5. The van der Waals surface area contributed by atoms with Crippen LogP contribution in [-0.2, 0) is 0 Å². The monoisotopic (exact) mass is 380 g/mol. The van der Waals surface area contributed by atoms with Crippen LogP contribution in [0, 0.1) is 14.5 Å². The van der Waals surface area contributed by atoms with Gasteiger partial charge in [0.25, 0.3) is 5.91 Å². The largest absolute Gasteiger partial charge is 0.397 e. The average molecular weight is 380 g/mol. The maximum absolute atomic E-state index is 13.5. The van der Waals surface area contributed by atoms with Crippen molar-refractivity contribution in [2.24, 2.45) is 0 Å². The molecular weight excluding hydrogens is 373 g/mol. The quantitative estimate of drug-likeness (QED) is 0.620. The molecule has 0 aliphatic carbocycles. The minimum Gasteiger partial charge on any atom is -0.397 e. The van der Waals surface area contributed by atoms with Gasteiger partial charge in [-0.1, -0.05) is 0 Å². The molecule has 1 aromatic carbocycles. The number of nitrogen functional groups attached to an aromatic ring is 1. The molecule has 0 aliphatic heterocycles. The van der Waals surface area contributed by atoms with Gasteiger partial charge < -0.3 is 11.1 Å². The lowest BCUT2D eigenvalue weighted by Gasteiger charge is -2.08. The van der Waals surface area contributed by atoms with Gasteiger partial charge in [-0.3, -0.25) is 4.79 Å². The number of anilines is 2. The van der Waals surface area contributed by atoms with Gasteiger partial charge in [0.15, 0.2) is 5.82 Å². The standard InChI is InChI=1S/C11H7F2IN2OS/c12-6-2-7(13)10(8(15)3-6)16-11(17)5-1-9(14)18-4-5/h1-4H,15H2,(H,16,17). The highest BCUT2D eigenvalue weighted by Crippen LogP contribution is 2.25. The molecule has 3 nitrogen and oxygen atoms in total. The molecule has 0 bridgehead atoms. The third-order valence-electron chi connectivity index (χ3n) is 2.15. The minimum atomic E-state index is -0.897. The molecular formula is C11H7F2IN2OS. The van der Waals surface area contributed by atoms with Gasteiger partial charge in [-0.15, -0.1) is 11.3 Å². The van der Waals surface area contributed by atoms with E-state index in [2.05, 4.69) is 27.9 Å². The molecule has 0 saturated heterocycles. The third kappa shape index (κ3) is 2.78. The normalized spacial score (nSPS) is 10.4. The molecule has 0 aliphatic rings. The van der Waals surface area contributed by atoms with Crippen LogP contribution in [0.4, 0.5) is 20.2 Å². The van der Waals surface area contributed by atoms with Crippen LogP contribution in [0.15, 0.2) is 23.6 Å². The van der Waals surface area contributed by atoms with E-state index >= 15 is 0 Å². The molecule has 7 heteroatoms. The van der Waals surface area contributed by atoms with E-state index in [9.17, 15) is 13.6 Å².